The number of ether oxygens (including phenoxy) is 8. The summed E-state index contributed by atoms with van der Waals surface area (Å²) in [5, 5.41) is 34.3. The van der Waals surface area contributed by atoms with Crippen molar-refractivity contribution in [2.24, 2.45) is 23.7 Å². The summed E-state index contributed by atoms with van der Waals surface area (Å²) in [6.07, 6.45) is -6.58. The Morgan fingerprint density at radius 1 is 0.810 bits per heavy atom. The lowest BCUT2D eigenvalue weighted by atomic mass is 9.74. The minimum absolute atomic E-state index is 0.0543. The van der Waals surface area contributed by atoms with E-state index < -0.39 is 102 Å². The maximum atomic E-state index is 14.4. The van der Waals surface area contributed by atoms with E-state index in [-0.39, 0.29) is 37.2 Å². The van der Waals surface area contributed by atoms with Crippen molar-refractivity contribution < 1.29 is 62.8 Å². The van der Waals surface area contributed by atoms with Gasteiger partial charge in [0, 0.05) is 51.5 Å². The van der Waals surface area contributed by atoms with Crippen molar-refractivity contribution in [3.05, 3.63) is 0 Å². The van der Waals surface area contributed by atoms with Crippen LogP contribution in [-0.4, -0.2) is 177 Å². The van der Waals surface area contributed by atoms with Crippen LogP contribution in [0.5, 0.6) is 0 Å². The zero-order chi connectivity index (χ0) is 44.1. The van der Waals surface area contributed by atoms with Gasteiger partial charge in [-0.25, -0.2) is 0 Å². The standard InChI is InChI=1S/C43H80N2O13/c1-17-31-43(10,50)36(47)26(4)33(46)24(2)22-42(9,53-16)38(58-40-35(51-14)30(21-25(3)54-40)45(13)20-18-19-44(11)12)27(5)34(28(6)39(49)56-31)57-32-23-41(8,52-15)37(48)29(7)55-32/h24-32,34-38,40,47-48,50H,17-23H2,1-16H3/t24-,25-,26+,27+,28-,29+,30+,31-,32+,34+,35-,36-,37+,38-,40+,41-,42+,43-/m1/s1. The van der Waals surface area contributed by atoms with Gasteiger partial charge < -0.3 is 63.0 Å². The van der Waals surface area contributed by atoms with Gasteiger partial charge in [-0.1, -0.05) is 27.7 Å². The van der Waals surface area contributed by atoms with Crippen LogP contribution < -0.4 is 0 Å². The lowest BCUT2D eigenvalue weighted by molar-refractivity contribution is -0.321. The predicted molar refractivity (Wildman–Crippen MR) is 218 cm³/mol. The van der Waals surface area contributed by atoms with Gasteiger partial charge in [-0.05, 0) is 101 Å². The fourth-order valence-corrected chi connectivity index (χ4v) is 9.56. The first-order valence-electron chi connectivity index (χ1n) is 21.3. The molecule has 3 heterocycles. The van der Waals surface area contributed by atoms with Gasteiger partial charge in [-0.15, -0.1) is 0 Å². The number of ketones is 1. The monoisotopic (exact) mass is 833 g/mol. The van der Waals surface area contributed by atoms with E-state index in [1.54, 1.807) is 55.8 Å². The van der Waals surface area contributed by atoms with Gasteiger partial charge in [0.1, 0.15) is 29.7 Å². The summed E-state index contributed by atoms with van der Waals surface area (Å²) >= 11 is 0. The van der Waals surface area contributed by atoms with E-state index in [9.17, 15) is 24.9 Å². The van der Waals surface area contributed by atoms with Crippen LogP contribution in [0.25, 0.3) is 0 Å². The number of hydrogen-bond acceptors (Lipinski definition) is 15. The minimum Gasteiger partial charge on any atom is -0.459 e. The van der Waals surface area contributed by atoms with Crippen LogP contribution in [0.3, 0.4) is 0 Å². The Hall–Kier alpha value is -1.34. The van der Waals surface area contributed by atoms with E-state index in [4.69, 9.17) is 37.9 Å². The van der Waals surface area contributed by atoms with E-state index in [2.05, 4.69) is 30.9 Å². The molecule has 15 heteroatoms. The summed E-state index contributed by atoms with van der Waals surface area (Å²) in [5.74, 6) is -4.31. The van der Waals surface area contributed by atoms with Crippen LogP contribution in [0, 0.1) is 23.7 Å². The third kappa shape index (κ3) is 11.6. The zero-order valence-electron chi connectivity index (χ0n) is 38.4. The summed E-state index contributed by atoms with van der Waals surface area (Å²) < 4.78 is 51.3. The average molecular weight is 833 g/mol. The SMILES string of the molecule is CC[C@H]1OC(=O)[C@H](C)[C@@H](O[C@H]2C[C@@](C)(OC)[C@@H](O)[C@H](C)O2)[C@H](C)[C@@H](O[C@@H]2O[C@H](C)C[C@H](N(C)CCCN(C)C)[C@H]2OC)[C@@](C)(OC)C[C@@H](C)C(=O)[C@H](C)[C@@H](O)[C@]1(C)O. The lowest BCUT2D eigenvalue weighted by Crippen LogP contribution is -2.62. The van der Waals surface area contributed by atoms with Crippen molar-refractivity contribution in [3.63, 3.8) is 0 Å². The molecular formula is C43H80N2O13. The number of aliphatic hydroxyl groups is 3. The summed E-state index contributed by atoms with van der Waals surface area (Å²) in [5.41, 5.74) is -4.19. The molecule has 15 nitrogen and oxygen atoms in total. The molecule has 0 unspecified atom stereocenters. The average Bonchev–Trinajstić information content (AvgIpc) is 3.17. The van der Waals surface area contributed by atoms with Gasteiger partial charge in [-0.3, -0.25) is 9.59 Å². The summed E-state index contributed by atoms with van der Waals surface area (Å²) in [7, 11) is 10.9. The highest BCUT2D eigenvalue weighted by Crippen LogP contribution is 2.42. The van der Waals surface area contributed by atoms with Crippen LogP contribution in [0.15, 0.2) is 0 Å². The molecule has 0 aromatic rings. The molecule has 0 spiro atoms. The number of Topliss-reactive ketones (excluding diaryl/α,β-unsaturated/α-hetero) is 1. The second-order valence-corrected chi connectivity index (χ2v) is 18.5. The number of rotatable bonds is 13. The van der Waals surface area contributed by atoms with E-state index in [1.165, 1.54) is 14.0 Å². The molecule has 3 fully saturated rings. The van der Waals surface area contributed by atoms with Gasteiger partial charge >= 0.3 is 5.97 Å². The van der Waals surface area contributed by atoms with Gasteiger partial charge in [0.25, 0.3) is 0 Å². The third-order valence-corrected chi connectivity index (χ3v) is 13.5. The molecule has 3 aliphatic rings. The van der Waals surface area contributed by atoms with Crippen LogP contribution in [0.2, 0.25) is 0 Å². The molecule has 0 aliphatic carbocycles. The number of hydrogen-bond donors (Lipinski definition) is 3. The first-order valence-corrected chi connectivity index (χ1v) is 21.3. The summed E-state index contributed by atoms with van der Waals surface area (Å²) in [4.78, 5) is 33.0. The van der Waals surface area contributed by atoms with E-state index in [0.717, 1.165) is 19.5 Å². The minimum atomic E-state index is -1.96. The van der Waals surface area contributed by atoms with E-state index in [0.29, 0.717) is 6.42 Å². The molecule has 0 aromatic heterocycles. The second kappa shape index (κ2) is 21.2. The second-order valence-electron chi connectivity index (χ2n) is 18.5. The van der Waals surface area contributed by atoms with Crippen LogP contribution in [-0.2, 0) is 47.5 Å². The van der Waals surface area contributed by atoms with Crippen molar-refractivity contribution in [3.8, 4) is 0 Å². The summed E-state index contributed by atoms with van der Waals surface area (Å²) in [6.45, 7) is 19.3. The molecule has 0 amide bonds. The molecule has 0 aromatic carbocycles. The molecular weight excluding hydrogens is 752 g/mol. The number of esters is 1. The van der Waals surface area contributed by atoms with Crippen molar-refractivity contribution in [1.82, 2.24) is 9.80 Å². The van der Waals surface area contributed by atoms with Crippen LogP contribution in [0.4, 0.5) is 0 Å². The fourth-order valence-electron chi connectivity index (χ4n) is 9.56. The zero-order valence-corrected chi connectivity index (χ0v) is 38.4. The smallest absolute Gasteiger partial charge is 0.311 e. The number of methoxy groups -OCH3 is 3. The van der Waals surface area contributed by atoms with Gasteiger partial charge in [-0.2, -0.15) is 0 Å². The predicted octanol–water partition coefficient (Wildman–Crippen LogP) is 3.42. The van der Waals surface area contributed by atoms with Crippen molar-refractivity contribution >= 4 is 11.8 Å². The Morgan fingerprint density at radius 2 is 1.43 bits per heavy atom. The molecule has 0 bridgehead atoms. The maximum Gasteiger partial charge on any atom is 0.311 e. The highest BCUT2D eigenvalue weighted by molar-refractivity contribution is 5.83. The Morgan fingerprint density at radius 3 is 1.98 bits per heavy atom. The largest absolute Gasteiger partial charge is 0.459 e. The van der Waals surface area contributed by atoms with Crippen LogP contribution >= 0.6 is 0 Å². The van der Waals surface area contributed by atoms with E-state index in [1.807, 2.05) is 20.8 Å². The van der Waals surface area contributed by atoms with Crippen LogP contribution in [0.1, 0.15) is 101 Å². The fraction of sp³-hybridized carbons (Fsp3) is 0.953. The van der Waals surface area contributed by atoms with E-state index >= 15 is 0 Å². The molecule has 58 heavy (non-hydrogen) atoms. The number of aliphatic hydroxyl groups excluding tert-OH is 2. The number of nitrogens with zero attached hydrogens (tertiary/aromatic N) is 2. The third-order valence-electron chi connectivity index (χ3n) is 13.5. The quantitative estimate of drug-likeness (QED) is 0.230. The first kappa shape index (κ1) is 51.0. The Balaban J connectivity index is 2.22. The molecule has 0 saturated carbocycles. The van der Waals surface area contributed by atoms with Crippen molar-refractivity contribution in [1.29, 1.82) is 0 Å². The van der Waals surface area contributed by atoms with Gasteiger partial charge in [0.05, 0.1) is 47.6 Å². The maximum absolute atomic E-state index is 14.4. The Kier molecular flexibility index (Phi) is 18.6. The number of likely N-dealkylation sites (N-methyl/N-ethyl adjacent to an activating group) is 1. The molecule has 0 radical (unpaired) electrons. The van der Waals surface area contributed by atoms with Gasteiger partial charge in [0.2, 0.25) is 0 Å². The molecule has 340 valence electrons. The van der Waals surface area contributed by atoms with Crippen molar-refractivity contribution in [2.45, 2.75) is 186 Å². The topological polar surface area (TPSA) is 175 Å². The molecule has 3 saturated heterocycles. The highest BCUT2D eigenvalue weighted by atomic mass is 16.7. The number of carbonyl (C=O) groups is 2. The Labute approximate surface area is 348 Å². The summed E-state index contributed by atoms with van der Waals surface area (Å²) in [6, 6.07) is -0.0543. The molecule has 3 rings (SSSR count). The molecule has 3 aliphatic heterocycles. The molecule has 3 N–H and O–H groups in total. The molecule has 18 atom stereocenters. The highest BCUT2D eigenvalue weighted by Gasteiger charge is 2.54. The first-order chi connectivity index (χ1) is 26.9. The number of carbonyl (C=O) groups excluding carboxylic acids is 2. The lowest BCUT2D eigenvalue weighted by Gasteiger charge is -2.50. The Bertz CT molecular complexity index is 1310. The normalized spacial score (nSPS) is 45.3. The van der Waals surface area contributed by atoms with Crippen molar-refractivity contribution in [2.75, 3.05) is 55.6 Å². The van der Waals surface area contributed by atoms with Gasteiger partial charge in [0.15, 0.2) is 12.6 Å². The number of cyclic esters (lactones) is 1.